The van der Waals surface area contributed by atoms with Crippen molar-refractivity contribution in [1.82, 2.24) is 0 Å². The molecule has 0 aromatic heterocycles. The van der Waals surface area contributed by atoms with Crippen molar-refractivity contribution < 1.29 is 9.90 Å². The summed E-state index contributed by atoms with van der Waals surface area (Å²) in [7, 11) is 0. The Morgan fingerprint density at radius 3 is 2.47 bits per heavy atom. The van der Waals surface area contributed by atoms with Crippen molar-refractivity contribution in [2.75, 3.05) is 5.43 Å². The second-order valence-corrected chi connectivity index (χ2v) is 4.11. The molecule has 4 heteroatoms. The Bertz CT molecular complexity index is 604. The molecule has 2 N–H and O–H groups in total. The first kappa shape index (κ1) is 12.8. The van der Waals surface area contributed by atoms with Gasteiger partial charge in [0.15, 0.2) is 0 Å². The van der Waals surface area contributed by atoms with Crippen LogP contribution in [0.5, 0.6) is 0 Å². The maximum atomic E-state index is 10.7. The summed E-state index contributed by atoms with van der Waals surface area (Å²) in [6.07, 6.45) is 1.74. The van der Waals surface area contributed by atoms with E-state index in [1.54, 1.807) is 18.3 Å². The van der Waals surface area contributed by atoms with E-state index in [0.717, 1.165) is 16.8 Å². The van der Waals surface area contributed by atoms with Gasteiger partial charge in [0.2, 0.25) is 0 Å². The highest BCUT2D eigenvalue weighted by atomic mass is 16.4. The highest BCUT2D eigenvalue weighted by Crippen LogP contribution is 2.10. The minimum Gasteiger partial charge on any atom is -0.478 e. The molecule has 0 amide bonds. The summed E-state index contributed by atoms with van der Waals surface area (Å²) in [4.78, 5) is 10.7. The molecule has 0 saturated carbocycles. The van der Waals surface area contributed by atoms with Crippen LogP contribution in [0, 0.1) is 6.92 Å². The number of anilines is 1. The van der Waals surface area contributed by atoms with Crippen molar-refractivity contribution >= 4 is 17.9 Å². The number of carboxylic acids is 1. The van der Waals surface area contributed by atoms with Crippen molar-refractivity contribution in [2.24, 2.45) is 5.10 Å². The predicted octanol–water partition coefficient (Wildman–Crippen LogP) is 3.14. The van der Waals surface area contributed by atoms with E-state index in [4.69, 9.17) is 5.11 Å². The Morgan fingerprint density at radius 1 is 1.16 bits per heavy atom. The van der Waals surface area contributed by atoms with E-state index < -0.39 is 5.97 Å². The third-order valence-corrected chi connectivity index (χ3v) is 2.72. The van der Waals surface area contributed by atoms with E-state index in [-0.39, 0.29) is 5.56 Å². The molecule has 0 aliphatic carbocycles. The number of hydrogen-bond acceptors (Lipinski definition) is 3. The lowest BCUT2D eigenvalue weighted by atomic mass is 10.1. The van der Waals surface area contributed by atoms with E-state index in [1.807, 2.05) is 31.2 Å². The molecular weight excluding hydrogens is 240 g/mol. The fourth-order valence-electron chi connectivity index (χ4n) is 1.60. The van der Waals surface area contributed by atoms with Gasteiger partial charge in [-0.1, -0.05) is 24.3 Å². The van der Waals surface area contributed by atoms with E-state index in [2.05, 4.69) is 10.5 Å². The summed E-state index contributed by atoms with van der Waals surface area (Å²) in [6, 6.07) is 14.4. The molecular formula is C15H14N2O2. The summed E-state index contributed by atoms with van der Waals surface area (Å²) >= 11 is 0. The first-order valence-corrected chi connectivity index (χ1v) is 5.85. The fraction of sp³-hybridized carbons (Fsp3) is 0.0667. The first-order chi connectivity index (χ1) is 9.16. The highest BCUT2D eigenvalue weighted by molar-refractivity contribution is 5.88. The van der Waals surface area contributed by atoms with Gasteiger partial charge in [0, 0.05) is 0 Å². The molecule has 0 aliphatic heterocycles. The molecule has 0 heterocycles. The smallest absolute Gasteiger partial charge is 0.335 e. The van der Waals surface area contributed by atoms with Crippen LogP contribution in [0.4, 0.5) is 5.69 Å². The molecule has 0 bridgehead atoms. The van der Waals surface area contributed by atoms with Crippen LogP contribution in [0.1, 0.15) is 21.5 Å². The van der Waals surface area contributed by atoms with Gasteiger partial charge in [-0.3, -0.25) is 5.43 Å². The monoisotopic (exact) mass is 254 g/mol. The number of aryl methyl sites for hydroxylation is 1. The molecule has 0 atom stereocenters. The van der Waals surface area contributed by atoms with Crippen molar-refractivity contribution in [3.05, 3.63) is 65.2 Å². The summed E-state index contributed by atoms with van der Waals surface area (Å²) in [6.45, 7) is 2.02. The summed E-state index contributed by atoms with van der Waals surface area (Å²) in [5, 5.41) is 12.9. The lowest BCUT2D eigenvalue weighted by Crippen LogP contribution is -1.96. The minimum atomic E-state index is -0.935. The number of carboxylic acid groups (broad SMARTS) is 1. The third kappa shape index (κ3) is 3.42. The standard InChI is InChI=1S/C15H14N2O2/c1-11-4-2-3-5-13(11)10-16-17-14-8-6-12(7-9-14)15(18)19/h2-10,17H,1H3,(H,18,19)/b16-10+. The number of nitrogens with one attached hydrogen (secondary N) is 1. The van der Waals surface area contributed by atoms with Crippen molar-refractivity contribution in [2.45, 2.75) is 6.92 Å². The van der Waals surface area contributed by atoms with E-state index in [1.165, 1.54) is 12.1 Å². The van der Waals surface area contributed by atoms with Crippen molar-refractivity contribution in [3.8, 4) is 0 Å². The number of benzene rings is 2. The SMILES string of the molecule is Cc1ccccc1/C=N/Nc1ccc(C(=O)O)cc1. The van der Waals surface area contributed by atoms with Gasteiger partial charge in [-0.05, 0) is 42.3 Å². The molecule has 4 nitrogen and oxygen atoms in total. The number of rotatable bonds is 4. The second kappa shape index (κ2) is 5.82. The summed E-state index contributed by atoms with van der Waals surface area (Å²) in [5.41, 5.74) is 6.05. The number of hydrazone groups is 1. The molecule has 0 unspecified atom stereocenters. The van der Waals surface area contributed by atoms with Crippen LogP contribution >= 0.6 is 0 Å². The van der Waals surface area contributed by atoms with Crippen molar-refractivity contribution in [1.29, 1.82) is 0 Å². The number of hydrogen-bond donors (Lipinski definition) is 2. The Kier molecular flexibility index (Phi) is 3.93. The van der Waals surface area contributed by atoms with Crippen LogP contribution in [-0.2, 0) is 0 Å². The number of aromatic carboxylic acids is 1. The highest BCUT2D eigenvalue weighted by Gasteiger charge is 2.00. The molecule has 0 aliphatic rings. The van der Waals surface area contributed by atoms with Gasteiger partial charge in [-0.2, -0.15) is 5.10 Å². The molecule has 96 valence electrons. The Balaban J connectivity index is 2.03. The van der Waals surface area contributed by atoms with Crippen LogP contribution < -0.4 is 5.43 Å². The van der Waals surface area contributed by atoms with Crippen LogP contribution in [0.25, 0.3) is 0 Å². The average Bonchev–Trinajstić information content (AvgIpc) is 2.41. The van der Waals surface area contributed by atoms with Gasteiger partial charge in [-0.15, -0.1) is 0 Å². The van der Waals surface area contributed by atoms with Gasteiger partial charge < -0.3 is 5.11 Å². The maximum Gasteiger partial charge on any atom is 0.335 e. The van der Waals surface area contributed by atoms with Crippen molar-refractivity contribution in [3.63, 3.8) is 0 Å². The fourth-order valence-corrected chi connectivity index (χ4v) is 1.60. The molecule has 0 fully saturated rings. The molecule has 19 heavy (non-hydrogen) atoms. The topological polar surface area (TPSA) is 61.7 Å². The van der Waals surface area contributed by atoms with Gasteiger partial charge in [0.05, 0.1) is 17.5 Å². The second-order valence-electron chi connectivity index (χ2n) is 4.11. The van der Waals surface area contributed by atoms with E-state index >= 15 is 0 Å². The zero-order valence-electron chi connectivity index (χ0n) is 10.5. The van der Waals surface area contributed by atoms with Crippen LogP contribution in [0.15, 0.2) is 53.6 Å². The minimum absolute atomic E-state index is 0.258. The average molecular weight is 254 g/mol. The molecule has 2 aromatic rings. The molecule has 2 rings (SSSR count). The predicted molar refractivity (Wildman–Crippen MR) is 75.8 cm³/mol. The molecule has 0 saturated heterocycles. The summed E-state index contributed by atoms with van der Waals surface area (Å²) < 4.78 is 0. The lowest BCUT2D eigenvalue weighted by molar-refractivity contribution is 0.0697. The van der Waals surface area contributed by atoms with Gasteiger partial charge in [0.1, 0.15) is 0 Å². The Hall–Kier alpha value is -2.62. The Labute approximate surface area is 111 Å². The van der Waals surface area contributed by atoms with Crippen LogP contribution in [0.2, 0.25) is 0 Å². The Morgan fingerprint density at radius 2 is 1.84 bits per heavy atom. The molecule has 0 radical (unpaired) electrons. The molecule has 2 aromatic carbocycles. The van der Waals surface area contributed by atoms with Crippen LogP contribution in [-0.4, -0.2) is 17.3 Å². The molecule has 0 spiro atoms. The van der Waals surface area contributed by atoms with E-state index in [0.29, 0.717) is 0 Å². The number of nitrogens with zero attached hydrogens (tertiary/aromatic N) is 1. The summed E-state index contributed by atoms with van der Waals surface area (Å²) in [5.74, 6) is -0.935. The number of carbonyl (C=O) groups is 1. The third-order valence-electron chi connectivity index (χ3n) is 2.72. The van der Waals surface area contributed by atoms with Gasteiger partial charge >= 0.3 is 5.97 Å². The zero-order valence-corrected chi connectivity index (χ0v) is 10.5. The normalized spacial score (nSPS) is 10.6. The van der Waals surface area contributed by atoms with E-state index in [9.17, 15) is 4.79 Å². The largest absolute Gasteiger partial charge is 0.478 e. The first-order valence-electron chi connectivity index (χ1n) is 5.85. The maximum absolute atomic E-state index is 10.7. The van der Waals surface area contributed by atoms with Gasteiger partial charge in [0.25, 0.3) is 0 Å². The van der Waals surface area contributed by atoms with Gasteiger partial charge in [-0.25, -0.2) is 4.79 Å². The zero-order chi connectivity index (χ0) is 13.7. The lowest BCUT2D eigenvalue weighted by Gasteiger charge is -2.01. The van der Waals surface area contributed by atoms with Crippen LogP contribution in [0.3, 0.4) is 0 Å². The quantitative estimate of drug-likeness (QED) is 0.651.